The first-order valence-electron chi connectivity index (χ1n) is 8.70. The fourth-order valence-corrected chi connectivity index (χ4v) is 3.63. The highest BCUT2D eigenvalue weighted by molar-refractivity contribution is 5.47. The monoisotopic (exact) mass is 288 g/mol. The minimum absolute atomic E-state index is 0.480. The Labute approximate surface area is 130 Å². The van der Waals surface area contributed by atoms with Gasteiger partial charge in [0.25, 0.3) is 0 Å². The van der Waals surface area contributed by atoms with Gasteiger partial charge >= 0.3 is 0 Å². The second kappa shape index (κ2) is 7.84. The zero-order valence-corrected chi connectivity index (χ0v) is 14.1. The summed E-state index contributed by atoms with van der Waals surface area (Å²) in [6.07, 6.45) is 7.90. The smallest absolute Gasteiger partial charge is 0.0363 e. The van der Waals surface area contributed by atoms with E-state index in [1.54, 1.807) is 0 Å². The van der Waals surface area contributed by atoms with Crippen molar-refractivity contribution < 1.29 is 0 Å². The molecule has 1 N–H and O–H groups in total. The summed E-state index contributed by atoms with van der Waals surface area (Å²) in [5.74, 6) is 0. The van der Waals surface area contributed by atoms with E-state index in [9.17, 15) is 0 Å². The molecule has 0 saturated heterocycles. The van der Waals surface area contributed by atoms with E-state index in [2.05, 4.69) is 55.4 Å². The van der Waals surface area contributed by atoms with Crippen molar-refractivity contribution in [1.29, 1.82) is 0 Å². The lowest BCUT2D eigenvalue weighted by Crippen LogP contribution is -2.41. The number of nitrogens with one attached hydrogen (secondary N) is 1. The summed E-state index contributed by atoms with van der Waals surface area (Å²) in [6.45, 7) is 7.96. The molecule has 0 bridgehead atoms. The van der Waals surface area contributed by atoms with Crippen molar-refractivity contribution in [2.24, 2.45) is 5.41 Å². The van der Waals surface area contributed by atoms with E-state index in [0.29, 0.717) is 5.41 Å². The van der Waals surface area contributed by atoms with E-state index in [-0.39, 0.29) is 0 Å². The van der Waals surface area contributed by atoms with Gasteiger partial charge in [-0.2, -0.15) is 0 Å². The van der Waals surface area contributed by atoms with Crippen LogP contribution in [0.4, 0.5) is 5.69 Å². The summed E-state index contributed by atoms with van der Waals surface area (Å²) in [6, 6.07) is 9.09. The van der Waals surface area contributed by atoms with Gasteiger partial charge in [0, 0.05) is 31.2 Å². The highest BCUT2D eigenvalue weighted by atomic mass is 15.1. The van der Waals surface area contributed by atoms with Crippen LogP contribution in [0.3, 0.4) is 0 Å². The van der Waals surface area contributed by atoms with Gasteiger partial charge in [-0.25, -0.2) is 0 Å². The van der Waals surface area contributed by atoms with Crippen molar-refractivity contribution in [3.05, 3.63) is 29.8 Å². The zero-order chi connectivity index (χ0) is 15.1. The Kier molecular flexibility index (Phi) is 6.10. The molecule has 0 unspecified atom stereocenters. The summed E-state index contributed by atoms with van der Waals surface area (Å²) in [4.78, 5) is 2.46. The van der Waals surface area contributed by atoms with Gasteiger partial charge in [-0.3, -0.25) is 0 Å². The minimum Gasteiger partial charge on any atom is -0.374 e. The number of hydrogen-bond acceptors (Lipinski definition) is 2. The summed E-state index contributed by atoms with van der Waals surface area (Å²) in [5.41, 5.74) is 3.26. The lowest BCUT2D eigenvalue weighted by atomic mass is 9.85. The van der Waals surface area contributed by atoms with Gasteiger partial charge in [0.1, 0.15) is 0 Å². The van der Waals surface area contributed by atoms with Crippen LogP contribution in [0.1, 0.15) is 51.5 Å². The second-order valence-electron chi connectivity index (χ2n) is 6.76. The Morgan fingerprint density at radius 1 is 1.10 bits per heavy atom. The maximum absolute atomic E-state index is 3.67. The molecular weight excluding hydrogens is 256 g/mol. The Hall–Kier alpha value is -1.02. The molecule has 1 aromatic rings. The van der Waals surface area contributed by atoms with Crippen molar-refractivity contribution in [3.8, 4) is 0 Å². The Balaban J connectivity index is 1.98. The molecule has 1 aromatic carbocycles. The Morgan fingerprint density at radius 2 is 1.76 bits per heavy atom. The van der Waals surface area contributed by atoms with Crippen molar-refractivity contribution >= 4 is 5.69 Å². The van der Waals surface area contributed by atoms with Gasteiger partial charge in [0.15, 0.2) is 0 Å². The van der Waals surface area contributed by atoms with Crippen LogP contribution in [0.5, 0.6) is 0 Å². The van der Waals surface area contributed by atoms with Crippen molar-refractivity contribution in [3.63, 3.8) is 0 Å². The molecule has 2 rings (SSSR count). The first kappa shape index (κ1) is 16.4. The normalized spacial score (nSPS) is 17.1. The highest BCUT2D eigenvalue weighted by Gasteiger charge is 2.34. The average molecular weight is 288 g/mol. The van der Waals surface area contributed by atoms with E-state index in [0.717, 1.165) is 13.0 Å². The number of hydrogen-bond donors (Lipinski definition) is 1. The maximum atomic E-state index is 3.67. The molecule has 0 atom stereocenters. The number of benzene rings is 1. The van der Waals surface area contributed by atoms with E-state index >= 15 is 0 Å². The van der Waals surface area contributed by atoms with E-state index in [1.807, 2.05) is 0 Å². The standard InChI is InChI=1S/C19H32N2/c1-4-14-20-15-19(12-6-7-13-19)16-21(3)18-10-8-17(5-2)9-11-18/h8-11,20H,4-7,12-16H2,1-3H3. The SMILES string of the molecule is CCCNCC1(CN(C)c2ccc(CC)cc2)CCCC1. The summed E-state index contributed by atoms with van der Waals surface area (Å²) < 4.78 is 0. The molecule has 0 amide bonds. The molecule has 0 aromatic heterocycles. The van der Waals surface area contributed by atoms with Crippen LogP contribution in [-0.2, 0) is 6.42 Å². The van der Waals surface area contributed by atoms with Crippen LogP contribution in [0.2, 0.25) is 0 Å². The third kappa shape index (κ3) is 4.47. The lowest BCUT2D eigenvalue weighted by Gasteiger charge is -2.35. The third-order valence-corrected chi connectivity index (χ3v) is 4.95. The minimum atomic E-state index is 0.480. The molecule has 1 fully saturated rings. The van der Waals surface area contributed by atoms with Crippen LogP contribution >= 0.6 is 0 Å². The molecule has 118 valence electrons. The molecule has 2 heteroatoms. The van der Waals surface area contributed by atoms with Gasteiger partial charge in [-0.05, 0) is 49.9 Å². The van der Waals surface area contributed by atoms with Crippen LogP contribution < -0.4 is 10.2 Å². The number of rotatable bonds is 8. The average Bonchev–Trinajstić information content (AvgIpc) is 2.96. The highest BCUT2D eigenvalue weighted by Crippen LogP contribution is 2.38. The van der Waals surface area contributed by atoms with E-state index in [4.69, 9.17) is 0 Å². The van der Waals surface area contributed by atoms with Crippen molar-refractivity contribution in [1.82, 2.24) is 5.32 Å². The summed E-state index contributed by atoms with van der Waals surface area (Å²) in [5, 5.41) is 3.67. The topological polar surface area (TPSA) is 15.3 Å². The first-order chi connectivity index (χ1) is 10.2. The molecule has 0 radical (unpaired) electrons. The number of aryl methyl sites for hydroxylation is 1. The summed E-state index contributed by atoms with van der Waals surface area (Å²) in [7, 11) is 2.25. The third-order valence-electron chi connectivity index (χ3n) is 4.95. The van der Waals surface area contributed by atoms with Crippen LogP contribution in [0.15, 0.2) is 24.3 Å². The summed E-state index contributed by atoms with van der Waals surface area (Å²) >= 11 is 0. The molecule has 0 aliphatic heterocycles. The van der Waals surface area contributed by atoms with Gasteiger partial charge in [-0.1, -0.05) is 38.8 Å². The lowest BCUT2D eigenvalue weighted by molar-refractivity contribution is 0.287. The Bertz CT molecular complexity index is 404. The van der Waals surface area contributed by atoms with Crippen LogP contribution in [0.25, 0.3) is 0 Å². The van der Waals surface area contributed by atoms with E-state index in [1.165, 1.54) is 56.4 Å². The van der Waals surface area contributed by atoms with Gasteiger partial charge < -0.3 is 10.2 Å². The first-order valence-corrected chi connectivity index (χ1v) is 8.70. The quantitative estimate of drug-likeness (QED) is 0.720. The second-order valence-corrected chi connectivity index (χ2v) is 6.76. The fourth-order valence-electron chi connectivity index (χ4n) is 3.63. The van der Waals surface area contributed by atoms with Crippen molar-refractivity contribution in [2.45, 2.75) is 52.4 Å². The Morgan fingerprint density at radius 3 is 2.33 bits per heavy atom. The molecule has 0 heterocycles. The molecule has 1 aliphatic carbocycles. The van der Waals surface area contributed by atoms with Crippen LogP contribution in [-0.4, -0.2) is 26.7 Å². The van der Waals surface area contributed by atoms with Gasteiger partial charge in [-0.15, -0.1) is 0 Å². The molecule has 21 heavy (non-hydrogen) atoms. The molecule has 1 aliphatic rings. The zero-order valence-electron chi connectivity index (χ0n) is 14.1. The predicted molar refractivity (Wildman–Crippen MR) is 93.2 cm³/mol. The molecule has 0 spiro atoms. The van der Waals surface area contributed by atoms with Gasteiger partial charge in [0.2, 0.25) is 0 Å². The fraction of sp³-hybridized carbons (Fsp3) is 0.684. The molecular formula is C19H32N2. The van der Waals surface area contributed by atoms with Crippen LogP contribution in [0, 0.1) is 5.41 Å². The molecule has 2 nitrogen and oxygen atoms in total. The molecule has 1 saturated carbocycles. The van der Waals surface area contributed by atoms with Crippen molar-refractivity contribution in [2.75, 3.05) is 31.6 Å². The maximum Gasteiger partial charge on any atom is 0.0363 e. The van der Waals surface area contributed by atoms with Gasteiger partial charge in [0.05, 0.1) is 0 Å². The number of anilines is 1. The predicted octanol–water partition coefficient (Wildman–Crippen LogP) is 4.25. The largest absolute Gasteiger partial charge is 0.374 e. The number of nitrogens with zero attached hydrogens (tertiary/aromatic N) is 1. The van der Waals surface area contributed by atoms with E-state index < -0.39 is 0 Å².